The number of amides is 2. The fourth-order valence-corrected chi connectivity index (χ4v) is 3.04. The molecule has 2 amide bonds. The zero-order chi connectivity index (χ0) is 13.1. The molecule has 0 aliphatic carbocycles. The Morgan fingerprint density at radius 1 is 1.47 bits per heavy atom. The first-order valence-corrected chi connectivity index (χ1v) is 7.39. The number of nitrogens with one attached hydrogen (secondary N) is 1. The number of aromatic nitrogens is 1. The predicted octanol–water partition coefficient (Wildman–Crippen LogP) is 1.76. The van der Waals surface area contributed by atoms with Crippen LogP contribution in [-0.2, 0) is 9.47 Å². The summed E-state index contributed by atoms with van der Waals surface area (Å²) in [5, 5.41) is 5.30. The van der Waals surface area contributed by atoms with Crippen LogP contribution in [0.4, 0.5) is 9.93 Å². The Balaban J connectivity index is 1.56. The second kappa shape index (κ2) is 5.85. The van der Waals surface area contributed by atoms with Gasteiger partial charge in [0.05, 0.1) is 13.2 Å². The van der Waals surface area contributed by atoms with E-state index in [9.17, 15) is 4.79 Å². The van der Waals surface area contributed by atoms with Gasteiger partial charge in [-0.25, -0.2) is 9.78 Å². The van der Waals surface area contributed by atoms with Crippen LogP contribution in [0, 0.1) is 5.92 Å². The van der Waals surface area contributed by atoms with Gasteiger partial charge in [0.2, 0.25) is 0 Å². The molecule has 2 saturated heterocycles. The van der Waals surface area contributed by atoms with Gasteiger partial charge in [-0.05, 0) is 12.8 Å². The molecule has 1 N–H and O–H groups in total. The number of rotatable bonds is 2. The largest absolute Gasteiger partial charge is 0.350 e. The summed E-state index contributed by atoms with van der Waals surface area (Å²) in [6.07, 6.45) is 3.57. The monoisotopic (exact) mass is 283 g/mol. The molecule has 0 bridgehead atoms. The lowest BCUT2D eigenvalue weighted by atomic mass is 9.98. The standard InChI is InChI=1S/C12H17N3O3S/c16-12(14-11-13-3-7-19-11)15-4-1-2-9(8-15)10-17-5-6-18-10/h3,7,9-10H,1-2,4-6,8H2,(H,13,14,16). The number of carbonyl (C=O) groups is 1. The highest BCUT2D eigenvalue weighted by molar-refractivity contribution is 7.13. The predicted molar refractivity (Wildman–Crippen MR) is 71.1 cm³/mol. The van der Waals surface area contributed by atoms with E-state index < -0.39 is 0 Å². The second-order valence-corrected chi connectivity index (χ2v) is 5.62. The fraction of sp³-hybridized carbons (Fsp3) is 0.667. The Hall–Kier alpha value is -1.18. The smallest absolute Gasteiger partial charge is 0.323 e. The second-order valence-electron chi connectivity index (χ2n) is 4.73. The van der Waals surface area contributed by atoms with Crippen molar-refractivity contribution < 1.29 is 14.3 Å². The number of anilines is 1. The van der Waals surface area contributed by atoms with Gasteiger partial charge in [-0.1, -0.05) is 0 Å². The summed E-state index contributed by atoms with van der Waals surface area (Å²) in [7, 11) is 0. The molecule has 0 radical (unpaired) electrons. The van der Waals surface area contributed by atoms with Crippen molar-refractivity contribution in [2.75, 3.05) is 31.6 Å². The molecule has 104 valence electrons. The van der Waals surface area contributed by atoms with Crippen LogP contribution in [0.3, 0.4) is 0 Å². The number of hydrogen-bond donors (Lipinski definition) is 1. The van der Waals surface area contributed by atoms with Crippen molar-refractivity contribution in [2.24, 2.45) is 5.92 Å². The van der Waals surface area contributed by atoms with Crippen LogP contribution in [0.5, 0.6) is 0 Å². The van der Waals surface area contributed by atoms with E-state index in [2.05, 4.69) is 10.3 Å². The molecule has 3 heterocycles. The number of hydrogen-bond acceptors (Lipinski definition) is 5. The van der Waals surface area contributed by atoms with Gasteiger partial charge in [0, 0.05) is 30.6 Å². The highest BCUT2D eigenvalue weighted by Crippen LogP contribution is 2.25. The van der Waals surface area contributed by atoms with Crippen molar-refractivity contribution in [1.29, 1.82) is 0 Å². The summed E-state index contributed by atoms with van der Waals surface area (Å²) >= 11 is 1.42. The summed E-state index contributed by atoms with van der Waals surface area (Å²) in [6, 6.07) is -0.0855. The fourth-order valence-electron chi connectivity index (χ4n) is 2.52. The summed E-state index contributed by atoms with van der Waals surface area (Å²) in [6.45, 7) is 2.78. The van der Waals surface area contributed by atoms with E-state index in [-0.39, 0.29) is 18.2 Å². The number of ether oxygens (including phenoxy) is 2. The first-order valence-electron chi connectivity index (χ1n) is 6.51. The number of likely N-dealkylation sites (tertiary alicyclic amines) is 1. The lowest BCUT2D eigenvalue weighted by molar-refractivity contribution is -0.0959. The third-order valence-corrected chi connectivity index (χ3v) is 4.11. The maximum atomic E-state index is 12.1. The van der Waals surface area contributed by atoms with Gasteiger partial charge in [-0.2, -0.15) is 0 Å². The van der Waals surface area contributed by atoms with E-state index in [0.29, 0.717) is 24.9 Å². The summed E-state index contributed by atoms with van der Waals surface area (Å²) < 4.78 is 11.1. The van der Waals surface area contributed by atoms with E-state index in [1.165, 1.54) is 11.3 Å². The number of carbonyl (C=O) groups excluding carboxylic acids is 1. The SMILES string of the molecule is O=C(Nc1nccs1)N1CCCC(C2OCCO2)C1. The third kappa shape index (κ3) is 3.05. The molecule has 0 aromatic carbocycles. The Labute approximate surface area is 115 Å². The van der Waals surface area contributed by atoms with Gasteiger partial charge in [0.25, 0.3) is 0 Å². The first kappa shape index (κ1) is 12.8. The van der Waals surface area contributed by atoms with Gasteiger partial charge >= 0.3 is 6.03 Å². The lowest BCUT2D eigenvalue weighted by Gasteiger charge is -2.34. The van der Waals surface area contributed by atoms with Crippen molar-refractivity contribution in [3.63, 3.8) is 0 Å². The quantitative estimate of drug-likeness (QED) is 0.898. The lowest BCUT2D eigenvalue weighted by Crippen LogP contribution is -2.45. The van der Waals surface area contributed by atoms with E-state index in [4.69, 9.17) is 9.47 Å². The van der Waals surface area contributed by atoms with Crippen LogP contribution in [0.2, 0.25) is 0 Å². The molecule has 1 aromatic rings. The van der Waals surface area contributed by atoms with E-state index in [1.807, 2.05) is 10.3 Å². The minimum atomic E-state index is -0.143. The Bertz CT molecular complexity index is 420. The van der Waals surface area contributed by atoms with Crippen molar-refractivity contribution in [3.8, 4) is 0 Å². The average molecular weight is 283 g/mol. The van der Waals surface area contributed by atoms with Crippen LogP contribution >= 0.6 is 11.3 Å². The molecule has 1 atom stereocenters. The molecule has 1 unspecified atom stereocenters. The van der Waals surface area contributed by atoms with E-state index in [0.717, 1.165) is 19.4 Å². The number of nitrogens with zero attached hydrogens (tertiary/aromatic N) is 2. The number of thiazole rings is 1. The van der Waals surface area contributed by atoms with Gasteiger partial charge in [-0.3, -0.25) is 5.32 Å². The van der Waals surface area contributed by atoms with Gasteiger partial charge < -0.3 is 14.4 Å². The molecule has 0 saturated carbocycles. The van der Waals surface area contributed by atoms with Crippen molar-refractivity contribution >= 4 is 22.5 Å². The normalized spacial score (nSPS) is 24.6. The maximum absolute atomic E-state index is 12.1. The molecular weight excluding hydrogens is 266 g/mol. The highest BCUT2D eigenvalue weighted by atomic mass is 32.1. The van der Waals surface area contributed by atoms with Crippen LogP contribution in [0.15, 0.2) is 11.6 Å². The summed E-state index contributed by atoms with van der Waals surface area (Å²) in [5.41, 5.74) is 0. The molecule has 2 aliphatic rings. The Morgan fingerprint density at radius 2 is 2.32 bits per heavy atom. The minimum Gasteiger partial charge on any atom is -0.350 e. The zero-order valence-corrected chi connectivity index (χ0v) is 11.4. The van der Waals surface area contributed by atoms with Gasteiger partial charge in [0.15, 0.2) is 11.4 Å². The number of urea groups is 1. The molecule has 2 fully saturated rings. The van der Waals surface area contributed by atoms with Crippen LogP contribution < -0.4 is 5.32 Å². The van der Waals surface area contributed by atoms with Crippen molar-refractivity contribution in [2.45, 2.75) is 19.1 Å². The topological polar surface area (TPSA) is 63.7 Å². The summed E-state index contributed by atoms with van der Waals surface area (Å²) in [5.74, 6) is 0.276. The van der Waals surface area contributed by atoms with E-state index >= 15 is 0 Å². The van der Waals surface area contributed by atoms with Crippen LogP contribution in [0.25, 0.3) is 0 Å². The number of piperidine rings is 1. The molecule has 19 heavy (non-hydrogen) atoms. The zero-order valence-electron chi connectivity index (χ0n) is 10.6. The summed E-state index contributed by atoms with van der Waals surface area (Å²) in [4.78, 5) is 18.0. The molecule has 3 rings (SSSR count). The van der Waals surface area contributed by atoms with Gasteiger partial charge in [0.1, 0.15) is 0 Å². The molecule has 1 aromatic heterocycles. The van der Waals surface area contributed by atoms with E-state index in [1.54, 1.807) is 6.20 Å². The van der Waals surface area contributed by atoms with Crippen LogP contribution in [-0.4, -0.2) is 48.5 Å². The van der Waals surface area contributed by atoms with Crippen LogP contribution in [0.1, 0.15) is 12.8 Å². The first-order chi connectivity index (χ1) is 9.33. The molecular formula is C12H17N3O3S. The Kier molecular flexibility index (Phi) is 3.95. The molecule has 0 spiro atoms. The Morgan fingerprint density at radius 3 is 3.05 bits per heavy atom. The van der Waals surface area contributed by atoms with Crippen molar-refractivity contribution in [3.05, 3.63) is 11.6 Å². The maximum Gasteiger partial charge on any atom is 0.323 e. The minimum absolute atomic E-state index is 0.0855. The average Bonchev–Trinajstić information content (AvgIpc) is 3.12. The molecule has 6 nitrogen and oxygen atoms in total. The van der Waals surface area contributed by atoms with Crippen molar-refractivity contribution in [1.82, 2.24) is 9.88 Å². The van der Waals surface area contributed by atoms with Gasteiger partial charge in [-0.15, -0.1) is 11.3 Å². The molecule has 7 heteroatoms. The highest BCUT2D eigenvalue weighted by Gasteiger charge is 2.32. The third-order valence-electron chi connectivity index (χ3n) is 3.42. The molecule has 2 aliphatic heterocycles.